The summed E-state index contributed by atoms with van der Waals surface area (Å²) in [6.45, 7) is 3.91. The zero-order valence-electron chi connectivity index (χ0n) is 23.6. The molecule has 2 aromatic carbocycles. The molecule has 0 unspecified atom stereocenters. The number of methoxy groups -OCH3 is 1. The minimum atomic E-state index is -0.592. The molecule has 1 N–H and O–H groups in total. The second-order valence-corrected chi connectivity index (χ2v) is 10.1. The van der Waals surface area contributed by atoms with Crippen molar-refractivity contribution in [1.29, 1.82) is 0 Å². The molecule has 1 saturated heterocycles. The SMILES string of the molecule is COc1cc2c(Oc3ccc(CC(=O)N/N=C/c4ccncc4)cc3F)ccnc2cc1OCCCN1CCCCC1. The predicted molar refractivity (Wildman–Crippen MR) is 159 cm³/mol. The first kappa shape index (κ1) is 28.9. The van der Waals surface area contributed by atoms with Gasteiger partial charge in [0, 0.05) is 36.6 Å². The fourth-order valence-corrected chi connectivity index (χ4v) is 4.85. The van der Waals surface area contributed by atoms with Crippen molar-refractivity contribution in [3.8, 4) is 23.0 Å². The van der Waals surface area contributed by atoms with Crippen molar-refractivity contribution in [1.82, 2.24) is 20.3 Å². The normalized spacial score (nSPS) is 13.8. The number of rotatable bonds is 12. The first-order valence-electron chi connectivity index (χ1n) is 14.1. The van der Waals surface area contributed by atoms with Gasteiger partial charge in [0.2, 0.25) is 5.91 Å². The number of carbonyl (C=O) groups excluding carboxylic acids is 1. The number of carbonyl (C=O) groups is 1. The molecular weight excluding hydrogens is 537 g/mol. The number of aromatic nitrogens is 2. The van der Waals surface area contributed by atoms with Crippen LogP contribution in [0.4, 0.5) is 4.39 Å². The number of ether oxygens (including phenoxy) is 3. The molecule has 9 nitrogen and oxygen atoms in total. The molecule has 0 atom stereocenters. The van der Waals surface area contributed by atoms with Gasteiger partial charge in [0.25, 0.3) is 0 Å². The fourth-order valence-electron chi connectivity index (χ4n) is 4.85. The standard InChI is InChI=1S/C32H34FN5O4/c1-40-30-20-25-27(21-31(30)41-17-5-16-38-14-3-2-4-15-38)35-13-10-28(25)42-29-7-6-24(18-26(29)33)19-32(39)37-36-22-23-8-11-34-12-9-23/h6-13,18,20-22H,2-5,14-17,19H2,1H3,(H,37,39)/b36-22+. The van der Waals surface area contributed by atoms with Crippen LogP contribution in [0.1, 0.15) is 36.8 Å². The zero-order chi connectivity index (χ0) is 29.1. The van der Waals surface area contributed by atoms with E-state index >= 15 is 4.39 Å². The molecule has 1 aliphatic rings. The Kier molecular flexibility index (Phi) is 9.90. The third-order valence-electron chi connectivity index (χ3n) is 7.00. The lowest BCUT2D eigenvalue weighted by Gasteiger charge is -2.26. The van der Waals surface area contributed by atoms with Crippen LogP contribution in [-0.2, 0) is 11.2 Å². The van der Waals surface area contributed by atoms with Crippen LogP contribution in [0.2, 0.25) is 0 Å². The number of halogens is 1. The number of fused-ring (bicyclic) bond motifs is 1. The number of likely N-dealkylation sites (tertiary alicyclic amines) is 1. The average molecular weight is 572 g/mol. The van der Waals surface area contributed by atoms with Gasteiger partial charge in [-0.1, -0.05) is 12.5 Å². The molecule has 0 spiro atoms. The molecule has 0 radical (unpaired) electrons. The lowest BCUT2D eigenvalue weighted by molar-refractivity contribution is -0.120. The van der Waals surface area contributed by atoms with E-state index in [2.05, 4.69) is 25.4 Å². The highest BCUT2D eigenvalue weighted by atomic mass is 19.1. The van der Waals surface area contributed by atoms with Crippen LogP contribution in [0.3, 0.4) is 0 Å². The van der Waals surface area contributed by atoms with Crippen molar-refractivity contribution in [2.24, 2.45) is 5.10 Å². The van der Waals surface area contributed by atoms with E-state index in [1.807, 2.05) is 6.07 Å². The Bertz CT molecular complexity index is 1530. The predicted octanol–water partition coefficient (Wildman–Crippen LogP) is 5.52. The van der Waals surface area contributed by atoms with Crippen LogP contribution in [0.25, 0.3) is 10.9 Å². The largest absolute Gasteiger partial charge is 0.493 e. The molecule has 0 bridgehead atoms. The number of nitrogens with one attached hydrogen (secondary N) is 1. The molecule has 0 saturated carbocycles. The van der Waals surface area contributed by atoms with E-state index < -0.39 is 5.82 Å². The minimum absolute atomic E-state index is 0.0272. The summed E-state index contributed by atoms with van der Waals surface area (Å²) in [5.41, 5.74) is 4.37. The maximum absolute atomic E-state index is 15.0. The smallest absolute Gasteiger partial charge is 0.244 e. The van der Waals surface area contributed by atoms with Crippen molar-refractivity contribution in [2.45, 2.75) is 32.1 Å². The average Bonchev–Trinajstić information content (AvgIpc) is 3.01. The van der Waals surface area contributed by atoms with Crippen LogP contribution < -0.4 is 19.6 Å². The van der Waals surface area contributed by atoms with Gasteiger partial charge in [-0.25, -0.2) is 9.82 Å². The molecule has 2 aromatic heterocycles. The van der Waals surface area contributed by atoms with Crippen LogP contribution in [-0.4, -0.2) is 60.3 Å². The highest BCUT2D eigenvalue weighted by molar-refractivity contribution is 5.88. The van der Waals surface area contributed by atoms with Gasteiger partial charge in [0.1, 0.15) is 5.75 Å². The van der Waals surface area contributed by atoms with Crippen LogP contribution in [0.5, 0.6) is 23.0 Å². The van der Waals surface area contributed by atoms with E-state index in [4.69, 9.17) is 14.2 Å². The summed E-state index contributed by atoms with van der Waals surface area (Å²) in [5, 5.41) is 4.58. The number of benzene rings is 2. The Morgan fingerprint density at radius 3 is 2.62 bits per heavy atom. The van der Waals surface area contributed by atoms with Gasteiger partial charge in [-0.3, -0.25) is 14.8 Å². The van der Waals surface area contributed by atoms with E-state index in [0.29, 0.717) is 40.3 Å². The molecule has 1 fully saturated rings. The van der Waals surface area contributed by atoms with Gasteiger partial charge in [-0.05, 0) is 79.9 Å². The summed E-state index contributed by atoms with van der Waals surface area (Å²) in [5.74, 6) is 0.638. The maximum Gasteiger partial charge on any atom is 0.244 e. The first-order chi connectivity index (χ1) is 20.6. The van der Waals surface area contributed by atoms with Crippen LogP contribution >= 0.6 is 0 Å². The van der Waals surface area contributed by atoms with Gasteiger partial charge in [0.05, 0.1) is 31.9 Å². The topological polar surface area (TPSA) is 98.2 Å². The Morgan fingerprint density at radius 1 is 1.00 bits per heavy atom. The van der Waals surface area contributed by atoms with E-state index in [-0.39, 0.29) is 18.1 Å². The van der Waals surface area contributed by atoms with E-state index in [0.717, 1.165) is 31.6 Å². The highest BCUT2D eigenvalue weighted by Crippen LogP contribution is 2.37. The molecule has 1 amide bonds. The lowest BCUT2D eigenvalue weighted by atomic mass is 10.1. The summed E-state index contributed by atoms with van der Waals surface area (Å²) in [4.78, 5) is 23.1. The molecule has 5 rings (SSSR count). The van der Waals surface area contributed by atoms with Crippen molar-refractivity contribution >= 4 is 23.0 Å². The molecular formula is C32H34FN5O4. The minimum Gasteiger partial charge on any atom is -0.493 e. The summed E-state index contributed by atoms with van der Waals surface area (Å²) in [7, 11) is 1.58. The molecule has 3 heterocycles. The summed E-state index contributed by atoms with van der Waals surface area (Å²) < 4.78 is 32.6. The number of hydrogen-bond donors (Lipinski definition) is 1. The molecule has 42 heavy (non-hydrogen) atoms. The number of amides is 1. The fraction of sp³-hybridized carbons (Fsp3) is 0.312. The molecule has 1 aliphatic heterocycles. The molecule has 0 aliphatic carbocycles. The van der Waals surface area contributed by atoms with Crippen molar-refractivity contribution in [2.75, 3.05) is 33.4 Å². The summed E-state index contributed by atoms with van der Waals surface area (Å²) in [6, 6.07) is 13.2. The number of hydrazone groups is 1. The quantitative estimate of drug-likeness (QED) is 0.136. The second kappa shape index (κ2) is 14.4. The molecule has 4 aromatic rings. The Hall–Kier alpha value is -4.57. The van der Waals surface area contributed by atoms with Gasteiger partial charge in [0.15, 0.2) is 23.1 Å². The molecule has 10 heteroatoms. The van der Waals surface area contributed by atoms with E-state index in [1.54, 1.807) is 56.0 Å². The van der Waals surface area contributed by atoms with Crippen LogP contribution in [0, 0.1) is 5.82 Å². The summed E-state index contributed by atoms with van der Waals surface area (Å²) >= 11 is 0. The van der Waals surface area contributed by atoms with Gasteiger partial charge in [-0.2, -0.15) is 5.10 Å². The Labute approximate surface area is 244 Å². The number of hydrogen-bond acceptors (Lipinski definition) is 8. The monoisotopic (exact) mass is 571 g/mol. The van der Waals surface area contributed by atoms with Gasteiger partial charge in [-0.15, -0.1) is 0 Å². The summed E-state index contributed by atoms with van der Waals surface area (Å²) in [6.07, 6.45) is 11.1. The Balaban J connectivity index is 1.21. The maximum atomic E-state index is 15.0. The second-order valence-electron chi connectivity index (χ2n) is 10.1. The van der Waals surface area contributed by atoms with E-state index in [9.17, 15) is 4.79 Å². The van der Waals surface area contributed by atoms with Gasteiger partial charge < -0.3 is 19.1 Å². The van der Waals surface area contributed by atoms with Crippen molar-refractivity contribution < 1.29 is 23.4 Å². The van der Waals surface area contributed by atoms with Crippen molar-refractivity contribution in [3.63, 3.8) is 0 Å². The highest BCUT2D eigenvalue weighted by Gasteiger charge is 2.15. The first-order valence-corrected chi connectivity index (χ1v) is 14.1. The zero-order valence-corrected chi connectivity index (χ0v) is 23.6. The number of nitrogens with zero attached hydrogens (tertiary/aromatic N) is 4. The third-order valence-corrected chi connectivity index (χ3v) is 7.00. The number of piperidine rings is 1. The van der Waals surface area contributed by atoms with Crippen LogP contribution in [0.15, 0.2) is 72.2 Å². The van der Waals surface area contributed by atoms with Gasteiger partial charge >= 0.3 is 0 Å². The van der Waals surface area contributed by atoms with E-state index in [1.165, 1.54) is 37.6 Å². The molecule has 218 valence electrons. The van der Waals surface area contributed by atoms with Crippen molar-refractivity contribution in [3.05, 3.63) is 84.1 Å². The Morgan fingerprint density at radius 2 is 1.83 bits per heavy atom. The number of pyridine rings is 2. The lowest BCUT2D eigenvalue weighted by Crippen LogP contribution is -2.31. The third kappa shape index (κ3) is 7.79.